The lowest BCUT2D eigenvalue weighted by atomic mass is 9.97. The Morgan fingerprint density at radius 3 is 2.47 bits per heavy atom. The van der Waals surface area contributed by atoms with Crippen LogP contribution >= 0.6 is 0 Å². The van der Waals surface area contributed by atoms with Gasteiger partial charge in [0.15, 0.2) is 0 Å². The molecule has 0 saturated heterocycles. The molecule has 10 heteroatoms. The zero-order chi connectivity index (χ0) is 32.0. The molecule has 1 amide bonds. The van der Waals surface area contributed by atoms with E-state index < -0.39 is 21.7 Å². The molecule has 5 aromatic rings. The maximum Gasteiger partial charge on any atom is 0.255 e. The number of rotatable bonds is 8. The van der Waals surface area contributed by atoms with Gasteiger partial charge in [-0.15, -0.1) is 0 Å². The van der Waals surface area contributed by atoms with Gasteiger partial charge in [0.1, 0.15) is 17.2 Å². The first kappa shape index (κ1) is 30.2. The quantitative estimate of drug-likeness (QED) is 0.216. The Bertz CT molecular complexity index is 2120. The molecule has 2 heterocycles. The Morgan fingerprint density at radius 1 is 1.07 bits per heavy atom. The normalized spacial score (nSPS) is 12.9. The van der Waals surface area contributed by atoms with Gasteiger partial charge in [0.05, 0.1) is 28.9 Å². The topological polar surface area (TPSA) is 113 Å². The number of halogens is 1. The number of hydrogen-bond acceptors (Lipinski definition) is 6. The minimum absolute atomic E-state index is 0.0575. The summed E-state index contributed by atoms with van der Waals surface area (Å²) in [5.41, 5.74) is 8.34. The first-order chi connectivity index (χ1) is 21.5. The second kappa shape index (κ2) is 11.6. The van der Waals surface area contributed by atoms with Crippen molar-refractivity contribution in [3.05, 3.63) is 107 Å². The average molecular weight is 626 g/mol. The van der Waals surface area contributed by atoms with Crippen molar-refractivity contribution in [2.45, 2.75) is 19.8 Å². The summed E-state index contributed by atoms with van der Waals surface area (Å²) in [6, 6.07) is 20.8. The molecule has 8 nitrogen and oxygen atoms in total. The maximum absolute atomic E-state index is 13.8. The van der Waals surface area contributed by atoms with E-state index in [1.54, 1.807) is 18.2 Å². The third-order valence-electron chi connectivity index (χ3n) is 8.37. The molecule has 2 N–H and O–H groups in total. The smallest absolute Gasteiger partial charge is 0.255 e. The van der Waals surface area contributed by atoms with E-state index in [0.29, 0.717) is 40.7 Å². The fourth-order valence-electron chi connectivity index (χ4n) is 5.94. The molecule has 3 aromatic carbocycles. The van der Waals surface area contributed by atoms with Crippen LogP contribution in [0.4, 0.5) is 10.1 Å². The van der Waals surface area contributed by atoms with E-state index in [1.165, 1.54) is 43.9 Å². The van der Waals surface area contributed by atoms with Crippen molar-refractivity contribution in [1.82, 2.24) is 10.3 Å². The predicted molar refractivity (Wildman–Crippen MR) is 175 cm³/mol. The summed E-state index contributed by atoms with van der Waals surface area (Å²) in [5.74, 6) is -0.622. The minimum Gasteiger partial charge on any atom is -0.455 e. The Hall–Kier alpha value is -4.80. The van der Waals surface area contributed by atoms with Crippen LogP contribution in [0.3, 0.4) is 0 Å². The highest BCUT2D eigenvalue weighted by atomic mass is 32.2. The van der Waals surface area contributed by atoms with E-state index in [9.17, 15) is 22.7 Å². The number of sulfonamides is 1. The van der Waals surface area contributed by atoms with Gasteiger partial charge >= 0.3 is 0 Å². The first-order valence-electron chi connectivity index (χ1n) is 14.4. The maximum atomic E-state index is 13.8. The van der Waals surface area contributed by atoms with Crippen molar-refractivity contribution in [2.75, 3.05) is 31.3 Å². The van der Waals surface area contributed by atoms with E-state index in [1.807, 2.05) is 18.2 Å². The summed E-state index contributed by atoms with van der Waals surface area (Å²) in [7, 11) is -0.768. The number of allylic oxidation sites excluding steroid dienone is 2. The molecular formula is C35H32FN3O5S. The molecule has 0 bridgehead atoms. The molecule has 2 aromatic heterocycles. The lowest BCUT2D eigenvalue weighted by molar-refractivity contribution is 0.0964. The van der Waals surface area contributed by atoms with Crippen molar-refractivity contribution in [1.29, 1.82) is 0 Å². The highest BCUT2D eigenvalue weighted by Gasteiger charge is 2.28. The lowest BCUT2D eigenvalue weighted by Crippen LogP contribution is -2.25. The molecule has 0 aliphatic heterocycles. The number of benzene rings is 3. The Balaban J connectivity index is 1.62. The summed E-state index contributed by atoms with van der Waals surface area (Å²) >= 11 is 0. The van der Waals surface area contributed by atoms with Gasteiger partial charge in [-0.1, -0.05) is 30.3 Å². The molecule has 6 rings (SSSR count). The molecule has 0 atom stereocenters. The fourth-order valence-corrected chi connectivity index (χ4v) is 6.45. The van der Waals surface area contributed by atoms with Crippen molar-refractivity contribution in [2.24, 2.45) is 0 Å². The number of fused-ring (bicyclic) bond motifs is 2. The Labute approximate surface area is 260 Å². The molecule has 0 spiro atoms. The van der Waals surface area contributed by atoms with E-state index >= 15 is 0 Å². The number of carbonyl (C=O) groups is 1. The van der Waals surface area contributed by atoms with Crippen molar-refractivity contribution in [3.63, 3.8) is 0 Å². The van der Waals surface area contributed by atoms with Gasteiger partial charge in [0, 0.05) is 49.7 Å². The average Bonchev–Trinajstić information content (AvgIpc) is 3.57. The second-order valence-corrected chi connectivity index (χ2v) is 13.1. The van der Waals surface area contributed by atoms with Crippen molar-refractivity contribution >= 4 is 43.7 Å². The van der Waals surface area contributed by atoms with E-state index in [2.05, 4.69) is 24.4 Å². The van der Waals surface area contributed by atoms with E-state index in [0.717, 1.165) is 38.5 Å². The summed E-state index contributed by atoms with van der Waals surface area (Å²) in [4.78, 5) is 18.4. The number of furan rings is 1. The van der Waals surface area contributed by atoms with Crippen molar-refractivity contribution in [3.8, 4) is 22.6 Å². The molecule has 0 unspecified atom stereocenters. The largest absolute Gasteiger partial charge is 0.455 e. The monoisotopic (exact) mass is 625 g/mol. The zero-order valence-corrected chi connectivity index (χ0v) is 26.1. The van der Waals surface area contributed by atoms with Crippen LogP contribution < -0.4 is 9.62 Å². The number of nitrogens with one attached hydrogen (secondary N) is 1. The standard InChI is InChI=1S/C35H32FN3O5S/c1-20-25-8-6-5-7-23(25)17-26(20)33-21(15-16-40)11-14-29(38-33)27-18-28-31(19-30(27)39(3)45(4,42)43)44-34(32(28)35(41)37-2)22-9-12-24(36)13-10-22/h5-14,18-19,40H,15-17H2,1-4H3,(H,37,41). The summed E-state index contributed by atoms with van der Waals surface area (Å²) in [5, 5.41) is 13.0. The molecule has 0 fully saturated rings. The molecule has 0 radical (unpaired) electrons. The van der Waals surface area contributed by atoms with Crippen LogP contribution in [0.15, 0.2) is 77.2 Å². The van der Waals surface area contributed by atoms with Gasteiger partial charge in [-0.25, -0.2) is 17.8 Å². The Morgan fingerprint density at radius 2 is 1.80 bits per heavy atom. The molecular weight excluding hydrogens is 593 g/mol. The summed E-state index contributed by atoms with van der Waals surface area (Å²) in [6.45, 7) is 2.00. The number of nitrogens with zero attached hydrogens (tertiary/aromatic N) is 2. The number of aliphatic hydroxyl groups is 1. The third-order valence-corrected chi connectivity index (χ3v) is 9.56. The van der Waals surface area contributed by atoms with Gasteiger partial charge in [-0.2, -0.15) is 0 Å². The summed E-state index contributed by atoms with van der Waals surface area (Å²) in [6.07, 6.45) is 2.18. The number of hydrogen-bond donors (Lipinski definition) is 2. The highest BCUT2D eigenvalue weighted by Crippen LogP contribution is 2.43. The number of aromatic nitrogens is 1. The van der Waals surface area contributed by atoms with Crippen LogP contribution in [0.5, 0.6) is 0 Å². The van der Waals surface area contributed by atoms with Gasteiger partial charge in [0.2, 0.25) is 10.0 Å². The summed E-state index contributed by atoms with van der Waals surface area (Å²) < 4.78 is 46.8. The SMILES string of the molecule is CNC(=O)c1c(-c2ccc(F)cc2)oc2cc(N(C)S(C)(=O)=O)c(-c3ccc(CCO)c(C4=C(C)c5ccccc5C4)n3)cc12. The van der Waals surface area contributed by atoms with Crippen LogP contribution in [-0.4, -0.2) is 51.4 Å². The number of aliphatic hydroxyl groups excluding tert-OH is 1. The van der Waals surface area contributed by atoms with Crippen LogP contribution in [0.25, 0.3) is 44.7 Å². The zero-order valence-electron chi connectivity index (χ0n) is 25.3. The van der Waals surface area contributed by atoms with Gasteiger partial charge in [-0.3, -0.25) is 9.10 Å². The van der Waals surface area contributed by atoms with E-state index in [-0.39, 0.29) is 23.5 Å². The van der Waals surface area contributed by atoms with Crippen molar-refractivity contribution < 1.29 is 27.1 Å². The first-order valence-corrected chi connectivity index (χ1v) is 16.3. The van der Waals surface area contributed by atoms with Gasteiger partial charge < -0.3 is 14.8 Å². The molecule has 1 aliphatic carbocycles. The molecule has 1 aliphatic rings. The van der Waals surface area contributed by atoms with Crippen LogP contribution in [0.2, 0.25) is 0 Å². The van der Waals surface area contributed by atoms with Gasteiger partial charge in [0.25, 0.3) is 5.91 Å². The fraction of sp³-hybridized carbons (Fsp3) is 0.200. The molecule has 0 saturated carbocycles. The number of anilines is 1. The Kier molecular flexibility index (Phi) is 7.80. The van der Waals surface area contributed by atoms with Crippen LogP contribution in [0, 0.1) is 5.82 Å². The number of pyridine rings is 1. The predicted octanol–water partition coefficient (Wildman–Crippen LogP) is 6.08. The lowest BCUT2D eigenvalue weighted by Gasteiger charge is -2.21. The molecule has 45 heavy (non-hydrogen) atoms. The van der Waals surface area contributed by atoms with Crippen LogP contribution in [0.1, 0.15) is 39.7 Å². The highest BCUT2D eigenvalue weighted by molar-refractivity contribution is 7.92. The van der Waals surface area contributed by atoms with Gasteiger partial charge in [-0.05, 0) is 77.6 Å². The third kappa shape index (κ3) is 5.40. The number of amides is 1. The number of carbonyl (C=O) groups excluding carboxylic acids is 1. The van der Waals surface area contributed by atoms with E-state index in [4.69, 9.17) is 9.40 Å². The van der Waals surface area contributed by atoms with Crippen LogP contribution in [-0.2, 0) is 22.9 Å². The minimum atomic E-state index is -3.72. The molecule has 230 valence electrons. The second-order valence-electron chi connectivity index (χ2n) is 11.1.